The van der Waals surface area contributed by atoms with Crippen LogP contribution in [0.1, 0.15) is 35.7 Å². The summed E-state index contributed by atoms with van der Waals surface area (Å²) < 4.78 is 15.7. The molecule has 0 spiro atoms. The summed E-state index contributed by atoms with van der Waals surface area (Å²) in [6, 6.07) is 14.2. The molecule has 2 rings (SSSR count). The van der Waals surface area contributed by atoms with E-state index in [-0.39, 0.29) is 12.7 Å². The van der Waals surface area contributed by atoms with Crippen LogP contribution < -0.4 is 10.1 Å². The fourth-order valence-corrected chi connectivity index (χ4v) is 2.70. The largest absolute Gasteiger partial charge is 0.489 e. The number of carbonyl (C=O) groups excluding carboxylic acids is 2. The minimum absolute atomic E-state index is 0.143. The molecular weight excluding hydrogens is 382 g/mol. The van der Waals surface area contributed by atoms with E-state index in [1.54, 1.807) is 12.1 Å². The van der Waals surface area contributed by atoms with E-state index in [0.717, 1.165) is 12.0 Å². The summed E-state index contributed by atoms with van der Waals surface area (Å²) in [6.45, 7) is 2.61. The summed E-state index contributed by atoms with van der Waals surface area (Å²) in [4.78, 5) is 23.3. The molecule has 28 heavy (non-hydrogen) atoms. The molecule has 0 aliphatic carbocycles. The Hall–Kier alpha value is -2.73. The third-order valence-corrected chi connectivity index (χ3v) is 4.35. The van der Waals surface area contributed by atoms with E-state index in [1.165, 1.54) is 13.2 Å². The van der Waals surface area contributed by atoms with Crippen LogP contribution in [0.25, 0.3) is 0 Å². The Morgan fingerprint density at radius 1 is 1.14 bits per heavy atom. The maximum atomic E-state index is 11.8. The van der Waals surface area contributed by atoms with Crippen LogP contribution in [0.2, 0.25) is 5.02 Å². The number of nitrogens with one attached hydrogen (secondary N) is 1. The van der Waals surface area contributed by atoms with Gasteiger partial charge in [-0.25, -0.2) is 9.59 Å². The standard InChI is InChI=1S/C21H24ClNO5/c1-3-17(28-19-10-9-16(13-18(19)22)20(24)26-2)11-12-23-21(25)27-14-15-7-5-4-6-8-15/h4-10,13,17H,3,11-12,14H2,1-2H3,(H,23,25)/t17-/m0/s1. The van der Waals surface area contributed by atoms with Crippen molar-refractivity contribution in [3.63, 3.8) is 0 Å². The molecular formula is C21H24ClNO5. The van der Waals surface area contributed by atoms with E-state index in [4.69, 9.17) is 21.1 Å². The van der Waals surface area contributed by atoms with E-state index in [1.807, 2.05) is 37.3 Å². The van der Waals surface area contributed by atoms with Crippen molar-refractivity contribution < 1.29 is 23.8 Å². The van der Waals surface area contributed by atoms with Gasteiger partial charge in [-0.15, -0.1) is 0 Å². The number of benzene rings is 2. The monoisotopic (exact) mass is 405 g/mol. The Morgan fingerprint density at radius 2 is 1.89 bits per heavy atom. The van der Waals surface area contributed by atoms with Gasteiger partial charge in [0.25, 0.3) is 0 Å². The second-order valence-electron chi connectivity index (χ2n) is 6.06. The lowest BCUT2D eigenvalue weighted by molar-refractivity contribution is 0.0600. The van der Waals surface area contributed by atoms with Gasteiger partial charge in [0.2, 0.25) is 0 Å². The van der Waals surface area contributed by atoms with E-state index in [2.05, 4.69) is 10.1 Å². The zero-order valence-electron chi connectivity index (χ0n) is 15.9. The van der Waals surface area contributed by atoms with Crippen molar-refractivity contribution >= 4 is 23.7 Å². The Morgan fingerprint density at radius 3 is 2.54 bits per heavy atom. The molecule has 0 saturated carbocycles. The van der Waals surface area contributed by atoms with Crippen molar-refractivity contribution in [2.75, 3.05) is 13.7 Å². The number of amides is 1. The normalized spacial score (nSPS) is 11.4. The second-order valence-corrected chi connectivity index (χ2v) is 6.47. The van der Waals surface area contributed by atoms with Crippen molar-refractivity contribution in [2.24, 2.45) is 0 Å². The van der Waals surface area contributed by atoms with Crippen molar-refractivity contribution in [3.05, 3.63) is 64.7 Å². The highest BCUT2D eigenvalue weighted by Crippen LogP contribution is 2.27. The van der Waals surface area contributed by atoms with Crippen LogP contribution in [0.3, 0.4) is 0 Å². The van der Waals surface area contributed by atoms with Crippen molar-refractivity contribution in [1.82, 2.24) is 5.32 Å². The fraction of sp³-hybridized carbons (Fsp3) is 0.333. The number of ether oxygens (including phenoxy) is 3. The molecule has 0 aliphatic rings. The van der Waals surface area contributed by atoms with Crippen LogP contribution in [0, 0.1) is 0 Å². The van der Waals surface area contributed by atoms with Crippen LogP contribution in [0.5, 0.6) is 5.75 Å². The number of carbonyl (C=O) groups is 2. The summed E-state index contributed by atoms with van der Waals surface area (Å²) in [7, 11) is 1.31. The number of alkyl carbamates (subject to hydrolysis) is 1. The molecule has 1 N–H and O–H groups in total. The van der Waals surface area contributed by atoms with Gasteiger partial charge in [-0.1, -0.05) is 48.9 Å². The minimum Gasteiger partial charge on any atom is -0.489 e. The molecule has 7 heteroatoms. The zero-order valence-corrected chi connectivity index (χ0v) is 16.7. The Balaban J connectivity index is 1.78. The number of hydrogen-bond donors (Lipinski definition) is 1. The number of rotatable bonds is 9. The molecule has 0 heterocycles. The number of hydrogen-bond acceptors (Lipinski definition) is 5. The van der Waals surface area contributed by atoms with Gasteiger partial charge in [0.05, 0.1) is 17.7 Å². The number of esters is 1. The van der Waals surface area contributed by atoms with E-state index in [0.29, 0.717) is 29.3 Å². The van der Waals surface area contributed by atoms with E-state index < -0.39 is 12.1 Å². The molecule has 1 atom stereocenters. The molecule has 0 aliphatic heterocycles. The van der Waals surface area contributed by atoms with Crippen LogP contribution in [0.15, 0.2) is 48.5 Å². The summed E-state index contributed by atoms with van der Waals surface area (Å²) in [5.74, 6) is 0.0199. The third kappa shape index (κ3) is 6.78. The van der Waals surface area contributed by atoms with Gasteiger partial charge in [-0.3, -0.25) is 0 Å². The second kappa shape index (κ2) is 11.2. The lowest BCUT2D eigenvalue weighted by Crippen LogP contribution is -2.29. The summed E-state index contributed by atoms with van der Waals surface area (Å²) in [5.41, 5.74) is 1.29. The highest BCUT2D eigenvalue weighted by Gasteiger charge is 2.14. The summed E-state index contributed by atoms with van der Waals surface area (Å²) in [5, 5.41) is 3.04. The first-order chi connectivity index (χ1) is 13.5. The van der Waals surface area contributed by atoms with Crippen molar-refractivity contribution in [2.45, 2.75) is 32.5 Å². The molecule has 2 aromatic rings. The summed E-state index contributed by atoms with van der Waals surface area (Å²) in [6.07, 6.45) is 0.706. The van der Waals surface area contributed by atoms with Crippen LogP contribution in [-0.2, 0) is 16.1 Å². The SMILES string of the molecule is CC[C@@H](CCNC(=O)OCc1ccccc1)Oc1ccc(C(=O)OC)cc1Cl. The highest BCUT2D eigenvalue weighted by atomic mass is 35.5. The van der Waals surface area contributed by atoms with Crippen LogP contribution in [-0.4, -0.2) is 31.8 Å². The quantitative estimate of drug-likeness (QED) is 0.617. The van der Waals surface area contributed by atoms with Crippen molar-refractivity contribution in [3.8, 4) is 5.75 Å². The van der Waals surface area contributed by atoms with Gasteiger partial charge in [0, 0.05) is 13.0 Å². The van der Waals surface area contributed by atoms with Gasteiger partial charge in [-0.2, -0.15) is 0 Å². The molecule has 0 unspecified atom stereocenters. The average molecular weight is 406 g/mol. The first-order valence-corrected chi connectivity index (χ1v) is 9.40. The van der Waals surface area contributed by atoms with Crippen molar-refractivity contribution in [1.29, 1.82) is 0 Å². The predicted molar refractivity (Wildman–Crippen MR) is 107 cm³/mol. The maximum absolute atomic E-state index is 11.8. The predicted octanol–water partition coefficient (Wildman–Crippen LogP) is 4.60. The van der Waals surface area contributed by atoms with Crippen LogP contribution >= 0.6 is 11.6 Å². The smallest absolute Gasteiger partial charge is 0.407 e. The highest BCUT2D eigenvalue weighted by molar-refractivity contribution is 6.32. The average Bonchev–Trinajstić information content (AvgIpc) is 2.72. The Bertz CT molecular complexity index is 782. The van der Waals surface area contributed by atoms with Gasteiger partial charge < -0.3 is 19.5 Å². The van der Waals surface area contributed by atoms with Gasteiger partial charge in [-0.05, 0) is 30.2 Å². The topological polar surface area (TPSA) is 73.9 Å². The molecule has 6 nitrogen and oxygen atoms in total. The number of halogens is 1. The third-order valence-electron chi connectivity index (χ3n) is 4.05. The summed E-state index contributed by atoms with van der Waals surface area (Å²) >= 11 is 6.19. The van der Waals surface area contributed by atoms with Gasteiger partial charge >= 0.3 is 12.1 Å². The molecule has 0 aromatic heterocycles. The first-order valence-electron chi connectivity index (χ1n) is 9.02. The zero-order chi connectivity index (χ0) is 20.4. The van der Waals surface area contributed by atoms with Gasteiger partial charge in [0.1, 0.15) is 18.5 Å². The maximum Gasteiger partial charge on any atom is 0.407 e. The van der Waals surface area contributed by atoms with Gasteiger partial charge in [0.15, 0.2) is 0 Å². The Kier molecular flexibility index (Phi) is 8.62. The molecule has 0 bridgehead atoms. The first kappa shape index (κ1) is 21.6. The lowest BCUT2D eigenvalue weighted by atomic mass is 10.2. The Labute approximate surface area is 169 Å². The molecule has 0 saturated heterocycles. The van der Waals surface area contributed by atoms with Crippen LogP contribution in [0.4, 0.5) is 4.79 Å². The molecule has 2 aromatic carbocycles. The number of methoxy groups -OCH3 is 1. The molecule has 150 valence electrons. The van der Waals surface area contributed by atoms with E-state index >= 15 is 0 Å². The molecule has 0 fully saturated rings. The minimum atomic E-state index is -0.473. The fourth-order valence-electron chi connectivity index (χ4n) is 2.48. The molecule has 1 amide bonds. The molecule has 0 radical (unpaired) electrons. The van der Waals surface area contributed by atoms with E-state index in [9.17, 15) is 9.59 Å². The lowest BCUT2D eigenvalue weighted by Gasteiger charge is -2.19.